The number of hydrogen-bond donors (Lipinski definition) is 0. The number of rotatable bonds is 1. The Kier molecular flexibility index (Phi) is 2.65. The largest absolute Gasteiger partial charge is 0.0836 e. The quantitative estimate of drug-likeness (QED) is 0.319. The molecule has 1 aliphatic carbocycles. The average molecular weight is 313 g/mol. The molecule has 0 atom stereocenters. The smallest absolute Gasteiger partial charge is 0.0491 e. The van der Waals surface area contributed by atoms with Gasteiger partial charge < -0.3 is 0 Å². The molecule has 4 aromatic carbocycles. The molecule has 0 aromatic heterocycles. The Morgan fingerprint density at radius 1 is 0.522 bits per heavy atom. The van der Waals surface area contributed by atoms with Crippen LogP contribution >= 0.6 is 11.6 Å². The molecule has 0 heterocycles. The molecule has 0 spiro atoms. The fraction of sp³-hybridized carbons (Fsp3) is 0. The van der Waals surface area contributed by atoms with Crippen LogP contribution in [0.25, 0.3) is 44.2 Å². The Bertz CT molecular complexity index is 1060. The zero-order valence-corrected chi connectivity index (χ0v) is 13.1. The SMILES string of the molecule is Clc1ccc2cccc3c2c1-c1cccc(-c2ccccc2)c1-3. The minimum absolute atomic E-state index is 0.828. The van der Waals surface area contributed by atoms with Crippen LogP contribution in [0, 0.1) is 0 Å². The molecule has 0 bridgehead atoms. The summed E-state index contributed by atoms with van der Waals surface area (Å²) in [7, 11) is 0. The van der Waals surface area contributed by atoms with Gasteiger partial charge in [-0.25, -0.2) is 0 Å². The molecule has 1 aliphatic rings. The van der Waals surface area contributed by atoms with Crippen LogP contribution in [0.1, 0.15) is 0 Å². The Balaban J connectivity index is 1.95. The van der Waals surface area contributed by atoms with Crippen LogP contribution < -0.4 is 0 Å². The van der Waals surface area contributed by atoms with Crippen LogP contribution in [0.4, 0.5) is 0 Å². The molecule has 0 aliphatic heterocycles. The number of fused-ring (bicyclic) bond motifs is 3. The van der Waals surface area contributed by atoms with Crippen molar-refractivity contribution in [3.8, 4) is 33.4 Å². The molecule has 0 amide bonds. The monoisotopic (exact) mass is 312 g/mol. The molecule has 0 nitrogen and oxygen atoms in total. The molecule has 5 rings (SSSR count). The lowest BCUT2D eigenvalue weighted by Crippen LogP contribution is -1.84. The second kappa shape index (κ2) is 4.71. The first kappa shape index (κ1) is 12.9. The second-order valence-corrected chi connectivity index (χ2v) is 6.33. The molecular weight excluding hydrogens is 300 g/mol. The van der Waals surface area contributed by atoms with Crippen molar-refractivity contribution < 1.29 is 0 Å². The summed E-state index contributed by atoms with van der Waals surface area (Å²) in [6.07, 6.45) is 0. The van der Waals surface area contributed by atoms with Crippen LogP contribution in [0.15, 0.2) is 78.9 Å². The van der Waals surface area contributed by atoms with E-state index >= 15 is 0 Å². The Labute approximate surface area is 140 Å². The second-order valence-electron chi connectivity index (χ2n) is 5.92. The van der Waals surface area contributed by atoms with Gasteiger partial charge in [0.05, 0.1) is 0 Å². The zero-order valence-electron chi connectivity index (χ0n) is 12.4. The first-order valence-electron chi connectivity index (χ1n) is 7.75. The van der Waals surface area contributed by atoms with Crippen molar-refractivity contribution in [2.45, 2.75) is 0 Å². The average Bonchev–Trinajstić information content (AvgIpc) is 2.96. The third-order valence-corrected chi connectivity index (χ3v) is 5.00. The fourth-order valence-electron chi connectivity index (χ4n) is 3.73. The minimum atomic E-state index is 0.828. The third kappa shape index (κ3) is 1.73. The predicted octanol–water partition coefficient (Wildman–Crippen LogP) is 6.81. The van der Waals surface area contributed by atoms with Crippen LogP contribution in [-0.4, -0.2) is 0 Å². The lowest BCUT2D eigenvalue weighted by atomic mass is 9.93. The topological polar surface area (TPSA) is 0 Å². The maximum atomic E-state index is 6.56. The van der Waals surface area contributed by atoms with Crippen LogP contribution in [0.3, 0.4) is 0 Å². The van der Waals surface area contributed by atoms with Gasteiger partial charge in [-0.15, -0.1) is 0 Å². The van der Waals surface area contributed by atoms with E-state index in [9.17, 15) is 0 Å². The van der Waals surface area contributed by atoms with Crippen LogP contribution in [0.5, 0.6) is 0 Å². The Morgan fingerprint density at radius 2 is 1.26 bits per heavy atom. The molecule has 23 heavy (non-hydrogen) atoms. The van der Waals surface area contributed by atoms with E-state index in [1.165, 1.54) is 44.2 Å². The van der Waals surface area contributed by atoms with Crippen molar-refractivity contribution >= 4 is 22.4 Å². The van der Waals surface area contributed by atoms with Gasteiger partial charge in [0, 0.05) is 10.6 Å². The molecule has 0 saturated heterocycles. The van der Waals surface area contributed by atoms with E-state index in [1.54, 1.807) is 0 Å². The van der Waals surface area contributed by atoms with Gasteiger partial charge in [0.15, 0.2) is 0 Å². The van der Waals surface area contributed by atoms with Gasteiger partial charge in [-0.1, -0.05) is 84.4 Å². The summed E-state index contributed by atoms with van der Waals surface area (Å²) < 4.78 is 0. The van der Waals surface area contributed by atoms with Gasteiger partial charge in [-0.05, 0) is 44.7 Å². The van der Waals surface area contributed by atoms with Crippen molar-refractivity contribution in [1.29, 1.82) is 0 Å². The van der Waals surface area contributed by atoms with Gasteiger partial charge in [0.25, 0.3) is 0 Å². The maximum Gasteiger partial charge on any atom is 0.0491 e. The highest BCUT2D eigenvalue weighted by molar-refractivity contribution is 6.37. The molecule has 0 fully saturated rings. The Hall–Kier alpha value is -2.57. The lowest BCUT2D eigenvalue weighted by molar-refractivity contribution is 1.62. The summed E-state index contributed by atoms with van der Waals surface area (Å²) in [5, 5.41) is 3.35. The van der Waals surface area contributed by atoms with E-state index in [0.717, 1.165) is 5.02 Å². The molecule has 0 N–H and O–H groups in total. The molecule has 1 heteroatoms. The van der Waals surface area contributed by atoms with Gasteiger partial charge in [0.2, 0.25) is 0 Å². The van der Waals surface area contributed by atoms with E-state index in [-0.39, 0.29) is 0 Å². The minimum Gasteiger partial charge on any atom is -0.0836 e. The third-order valence-electron chi connectivity index (χ3n) is 4.68. The molecule has 0 radical (unpaired) electrons. The molecule has 4 aromatic rings. The normalized spacial score (nSPS) is 11.7. The first-order chi connectivity index (χ1) is 11.3. The fourth-order valence-corrected chi connectivity index (χ4v) is 3.99. The number of halogens is 1. The summed E-state index contributed by atoms with van der Waals surface area (Å²) in [5.74, 6) is 0. The number of hydrogen-bond acceptors (Lipinski definition) is 0. The summed E-state index contributed by atoms with van der Waals surface area (Å²) in [4.78, 5) is 0. The van der Waals surface area contributed by atoms with E-state index in [0.29, 0.717) is 0 Å². The van der Waals surface area contributed by atoms with Crippen molar-refractivity contribution in [2.24, 2.45) is 0 Å². The highest BCUT2D eigenvalue weighted by Gasteiger charge is 2.25. The highest BCUT2D eigenvalue weighted by atomic mass is 35.5. The van der Waals surface area contributed by atoms with Crippen molar-refractivity contribution in [3.05, 3.63) is 83.9 Å². The van der Waals surface area contributed by atoms with E-state index in [2.05, 4.69) is 72.8 Å². The summed E-state index contributed by atoms with van der Waals surface area (Å²) in [6, 6.07) is 27.7. The van der Waals surface area contributed by atoms with Crippen molar-refractivity contribution in [1.82, 2.24) is 0 Å². The van der Waals surface area contributed by atoms with Gasteiger partial charge in [0.1, 0.15) is 0 Å². The van der Waals surface area contributed by atoms with Gasteiger partial charge >= 0.3 is 0 Å². The lowest BCUT2D eigenvalue weighted by Gasteiger charge is -2.10. The summed E-state index contributed by atoms with van der Waals surface area (Å²) in [6.45, 7) is 0. The molecular formula is C22H13Cl. The van der Waals surface area contributed by atoms with E-state index in [1.807, 2.05) is 6.07 Å². The molecule has 0 unspecified atom stereocenters. The highest BCUT2D eigenvalue weighted by Crippen LogP contribution is 2.52. The van der Waals surface area contributed by atoms with Crippen LogP contribution in [-0.2, 0) is 0 Å². The maximum absolute atomic E-state index is 6.56. The van der Waals surface area contributed by atoms with Crippen molar-refractivity contribution in [2.75, 3.05) is 0 Å². The Morgan fingerprint density at radius 3 is 2.13 bits per heavy atom. The standard InChI is InChI=1S/C22H13Cl/c23-19-13-12-15-8-4-10-17-20(15)22(19)18-11-5-9-16(21(17)18)14-6-2-1-3-7-14/h1-13H. The predicted molar refractivity (Wildman–Crippen MR) is 98.8 cm³/mol. The first-order valence-corrected chi connectivity index (χ1v) is 8.13. The molecule has 108 valence electrons. The van der Waals surface area contributed by atoms with Gasteiger partial charge in [-0.2, -0.15) is 0 Å². The van der Waals surface area contributed by atoms with E-state index in [4.69, 9.17) is 11.6 Å². The molecule has 0 saturated carbocycles. The van der Waals surface area contributed by atoms with E-state index < -0.39 is 0 Å². The summed E-state index contributed by atoms with van der Waals surface area (Å²) >= 11 is 6.56. The van der Waals surface area contributed by atoms with Gasteiger partial charge in [-0.3, -0.25) is 0 Å². The van der Waals surface area contributed by atoms with Crippen molar-refractivity contribution in [3.63, 3.8) is 0 Å². The zero-order chi connectivity index (χ0) is 15.4. The summed E-state index contributed by atoms with van der Waals surface area (Å²) in [5.41, 5.74) is 7.51. The van der Waals surface area contributed by atoms with Crippen LogP contribution in [0.2, 0.25) is 5.02 Å². The number of benzene rings is 4.